The Labute approximate surface area is 238 Å². The zero-order valence-electron chi connectivity index (χ0n) is 22.4. The summed E-state index contributed by atoms with van der Waals surface area (Å²) in [6, 6.07) is 55.5. The van der Waals surface area contributed by atoms with Crippen molar-refractivity contribution in [2.24, 2.45) is 0 Å². The first-order chi connectivity index (χ1) is 20.3. The van der Waals surface area contributed by atoms with Gasteiger partial charge in [0.2, 0.25) is 0 Å². The third-order valence-electron chi connectivity index (χ3n) is 8.74. The second-order valence-corrected chi connectivity index (χ2v) is 10.9. The predicted octanol–water partition coefficient (Wildman–Crippen LogP) is 10.9. The second-order valence-electron chi connectivity index (χ2n) is 10.9. The van der Waals surface area contributed by atoms with Crippen molar-refractivity contribution in [2.75, 3.05) is 0 Å². The number of fused-ring (bicyclic) bond motifs is 6. The number of hydrogen-bond donors (Lipinski definition) is 0. The molecule has 0 aliphatic heterocycles. The first-order valence-corrected chi connectivity index (χ1v) is 14.2. The van der Waals surface area contributed by atoms with Crippen molar-refractivity contribution in [1.29, 1.82) is 0 Å². The van der Waals surface area contributed by atoms with Gasteiger partial charge in [-0.2, -0.15) is 0 Å². The van der Waals surface area contributed by atoms with Gasteiger partial charge < -0.3 is 4.57 Å². The van der Waals surface area contributed by atoms with Gasteiger partial charge in [-0.15, -0.1) is 0 Å². The van der Waals surface area contributed by atoms with Crippen molar-refractivity contribution in [3.05, 3.63) is 152 Å². The van der Waals surface area contributed by atoms with Crippen LogP contribution in [0.25, 0.3) is 82.8 Å². The molecule has 0 fully saturated rings. The Morgan fingerprint density at radius 3 is 1.76 bits per heavy atom. The molecule has 190 valence electrons. The van der Waals surface area contributed by atoms with Crippen LogP contribution in [0.15, 0.2) is 152 Å². The minimum atomic E-state index is 1.18. The van der Waals surface area contributed by atoms with E-state index in [2.05, 4.69) is 156 Å². The Morgan fingerprint density at radius 1 is 0.341 bits per heavy atom. The van der Waals surface area contributed by atoms with Gasteiger partial charge >= 0.3 is 0 Å². The van der Waals surface area contributed by atoms with Crippen molar-refractivity contribution >= 4 is 32.6 Å². The highest BCUT2D eigenvalue weighted by molar-refractivity contribution is 6.16. The molecular formula is C40H25N. The van der Waals surface area contributed by atoms with Crippen molar-refractivity contribution in [3.8, 4) is 50.2 Å². The average molecular weight is 520 g/mol. The van der Waals surface area contributed by atoms with E-state index < -0.39 is 0 Å². The van der Waals surface area contributed by atoms with Crippen molar-refractivity contribution < 1.29 is 0 Å². The molecule has 9 rings (SSSR count). The molecule has 1 nitrogen and oxygen atoms in total. The van der Waals surface area contributed by atoms with Gasteiger partial charge in [-0.05, 0) is 91.7 Å². The van der Waals surface area contributed by atoms with Crippen LogP contribution in [0.1, 0.15) is 0 Å². The molecule has 0 saturated carbocycles. The molecular weight excluding hydrogens is 494 g/mol. The van der Waals surface area contributed by atoms with Crippen LogP contribution < -0.4 is 0 Å². The average Bonchev–Trinajstić information content (AvgIpc) is 3.55. The lowest BCUT2D eigenvalue weighted by molar-refractivity contribution is 1.18. The van der Waals surface area contributed by atoms with Gasteiger partial charge in [0, 0.05) is 16.5 Å². The lowest BCUT2D eigenvalue weighted by Crippen LogP contribution is -1.93. The summed E-state index contributed by atoms with van der Waals surface area (Å²) in [7, 11) is 0. The molecule has 0 N–H and O–H groups in total. The maximum Gasteiger partial charge on any atom is 0.0541 e. The van der Waals surface area contributed by atoms with E-state index in [1.807, 2.05) is 0 Å². The number of hydrogen-bond acceptors (Lipinski definition) is 0. The summed E-state index contributed by atoms with van der Waals surface area (Å²) in [5.74, 6) is 0. The van der Waals surface area contributed by atoms with E-state index in [1.165, 1.54) is 82.8 Å². The monoisotopic (exact) mass is 519 g/mol. The maximum absolute atomic E-state index is 2.39. The zero-order chi connectivity index (χ0) is 26.9. The van der Waals surface area contributed by atoms with Gasteiger partial charge in [-0.3, -0.25) is 0 Å². The Morgan fingerprint density at radius 2 is 0.951 bits per heavy atom. The fourth-order valence-electron chi connectivity index (χ4n) is 6.94. The molecule has 8 aromatic rings. The number of rotatable bonds is 3. The molecule has 1 aromatic heterocycles. The van der Waals surface area contributed by atoms with E-state index in [4.69, 9.17) is 0 Å². The summed E-state index contributed by atoms with van der Waals surface area (Å²) in [4.78, 5) is 0. The molecule has 0 spiro atoms. The Kier molecular flexibility index (Phi) is 4.67. The fraction of sp³-hybridized carbons (Fsp3) is 0. The Hall–Kier alpha value is -5.40. The maximum atomic E-state index is 2.39. The summed E-state index contributed by atoms with van der Waals surface area (Å²) in [5, 5.41) is 5.22. The molecule has 1 heteroatoms. The Bertz CT molecular complexity index is 2300. The highest BCUT2D eigenvalue weighted by Crippen LogP contribution is 2.49. The van der Waals surface area contributed by atoms with Crippen LogP contribution >= 0.6 is 0 Å². The SMILES string of the molecule is c1ccc(-n2c3ccccc3c3cc(-c4ccccc4-c4ccc5c(c4)-c4cccc6cccc-5c46)ccc32)cc1. The molecule has 0 radical (unpaired) electrons. The van der Waals surface area contributed by atoms with Crippen LogP contribution in [0.4, 0.5) is 0 Å². The van der Waals surface area contributed by atoms with Crippen LogP contribution in [0.3, 0.4) is 0 Å². The van der Waals surface area contributed by atoms with Gasteiger partial charge in [0.1, 0.15) is 0 Å². The van der Waals surface area contributed by atoms with Crippen LogP contribution in [-0.4, -0.2) is 4.57 Å². The van der Waals surface area contributed by atoms with Gasteiger partial charge in [0.25, 0.3) is 0 Å². The highest BCUT2D eigenvalue weighted by atomic mass is 15.0. The lowest BCUT2D eigenvalue weighted by Gasteiger charge is -2.13. The number of aromatic nitrogens is 1. The van der Waals surface area contributed by atoms with Crippen LogP contribution in [-0.2, 0) is 0 Å². The summed E-state index contributed by atoms with van der Waals surface area (Å²) in [6.07, 6.45) is 0. The highest BCUT2D eigenvalue weighted by Gasteiger charge is 2.22. The first kappa shape index (κ1) is 22.4. The quantitative estimate of drug-likeness (QED) is 0.219. The molecule has 0 amide bonds. The molecule has 0 unspecified atom stereocenters. The second kappa shape index (κ2) is 8.55. The first-order valence-electron chi connectivity index (χ1n) is 14.2. The fourth-order valence-corrected chi connectivity index (χ4v) is 6.94. The molecule has 1 aliphatic carbocycles. The molecule has 41 heavy (non-hydrogen) atoms. The normalized spacial score (nSPS) is 11.9. The van der Waals surface area contributed by atoms with Gasteiger partial charge in [0.15, 0.2) is 0 Å². The molecule has 0 atom stereocenters. The number of benzene rings is 7. The summed E-state index contributed by atoms with van der Waals surface area (Å²) in [6.45, 7) is 0. The number of para-hydroxylation sites is 2. The van der Waals surface area contributed by atoms with E-state index in [9.17, 15) is 0 Å². The van der Waals surface area contributed by atoms with Crippen molar-refractivity contribution in [2.45, 2.75) is 0 Å². The van der Waals surface area contributed by atoms with E-state index in [0.29, 0.717) is 0 Å². The molecule has 0 bridgehead atoms. The van der Waals surface area contributed by atoms with E-state index >= 15 is 0 Å². The van der Waals surface area contributed by atoms with E-state index in [1.54, 1.807) is 0 Å². The lowest BCUT2D eigenvalue weighted by atomic mass is 9.91. The molecule has 1 heterocycles. The third-order valence-corrected chi connectivity index (χ3v) is 8.74. The standard InChI is InChI=1S/C40H25N/c1-2-12-29(13-3-1)41-38-19-7-6-16-33(38)37-25-28(21-23-39(37)41)31-15-5-4-14-30(31)27-20-22-32-34-17-8-10-26-11-9-18-35(40(26)34)36(32)24-27/h1-25H. The summed E-state index contributed by atoms with van der Waals surface area (Å²) >= 11 is 0. The minimum Gasteiger partial charge on any atom is -0.309 e. The molecule has 1 aliphatic rings. The topological polar surface area (TPSA) is 4.93 Å². The third kappa shape index (κ3) is 3.24. The Balaban J connectivity index is 1.23. The predicted molar refractivity (Wildman–Crippen MR) is 174 cm³/mol. The van der Waals surface area contributed by atoms with Gasteiger partial charge in [-0.25, -0.2) is 0 Å². The van der Waals surface area contributed by atoms with Crippen LogP contribution in [0.5, 0.6) is 0 Å². The summed E-state index contributed by atoms with van der Waals surface area (Å²) in [5.41, 5.74) is 13.9. The minimum absolute atomic E-state index is 1.18. The van der Waals surface area contributed by atoms with Crippen molar-refractivity contribution in [1.82, 2.24) is 4.57 Å². The summed E-state index contributed by atoms with van der Waals surface area (Å²) < 4.78 is 2.37. The zero-order valence-corrected chi connectivity index (χ0v) is 22.4. The van der Waals surface area contributed by atoms with Crippen LogP contribution in [0.2, 0.25) is 0 Å². The van der Waals surface area contributed by atoms with E-state index in [0.717, 1.165) is 0 Å². The molecule has 0 saturated heterocycles. The van der Waals surface area contributed by atoms with Gasteiger partial charge in [0.05, 0.1) is 11.0 Å². The largest absolute Gasteiger partial charge is 0.309 e. The van der Waals surface area contributed by atoms with Crippen LogP contribution in [0, 0.1) is 0 Å². The van der Waals surface area contributed by atoms with Crippen molar-refractivity contribution in [3.63, 3.8) is 0 Å². The number of nitrogens with zero attached hydrogens (tertiary/aromatic N) is 1. The molecule has 7 aromatic carbocycles. The van der Waals surface area contributed by atoms with E-state index in [-0.39, 0.29) is 0 Å². The smallest absolute Gasteiger partial charge is 0.0541 e. The van der Waals surface area contributed by atoms with Gasteiger partial charge in [-0.1, -0.05) is 115 Å².